The Morgan fingerprint density at radius 3 is 2.32 bits per heavy atom. The van der Waals surface area contributed by atoms with E-state index in [-0.39, 0.29) is 5.91 Å². The number of fused-ring (bicyclic) bond motifs is 1. The van der Waals surface area contributed by atoms with Gasteiger partial charge in [-0.15, -0.1) is 0 Å². The summed E-state index contributed by atoms with van der Waals surface area (Å²) in [7, 11) is -3.54. The molecule has 7 heteroatoms. The highest BCUT2D eigenvalue weighted by Gasteiger charge is 2.31. The van der Waals surface area contributed by atoms with E-state index in [1.807, 2.05) is 65.5 Å². The number of piperazine rings is 1. The molecular weight excluding hydrogens is 410 g/mol. The number of aromatic nitrogens is 1. The predicted octanol–water partition coefficient (Wildman–Crippen LogP) is 3.11. The number of amides is 1. The second-order valence-corrected chi connectivity index (χ2v) is 10.1. The van der Waals surface area contributed by atoms with Crippen LogP contribution in [-0.4, -0.2) is 54.3 Å². The molecule has 2 heterocycles. The average Bonchev–Trinajstić information content (AvgIpc) is 3.50. The van der Waals surface area contributed by atoms with Crippen molar-refractivity contribution in [3.63, 3.8) is 0 Å². The molecule has 0 N–H and O–H groups in total. The van der Waals surface area contributed by atoms with Gasteiger partial charge in [0.25, 0.3) is 5.91 Å². The van der Waals surface area contributed by atoms with E-state index in [0.29, 0.717) is 36.6 Å². The van der Waals surface area contributed by atoms with Gasteiger partial charge in [0.05, 0.1) is 4.90 Å². The van der Waals surface area contributed by atoms with Crippen LogP contribution in [0.1, 0.15) is 27.9 Å². The van der Waals surface area contributed by atoms with Crippen LogP contribution in [0.25, 0.3) is 5.69 Å². The molecule has 3 aromatic rings. The summed E-state index contributed by atoms with van der Waals surface area (Å²) in [6, 6.07) is 16.9. The van der Waals surface area contributed by atoms with Crippen LogP contribution in [0, 0.1) is 0 Å². The third-order valence-electron chi connectivity index (χ3n) is 6.23. The Labute approximate surface area is 182 Å². The monoisotopic (exact) mass is 435 g/mol. The summed E-state index contributed by atoms with van der Waals surface area (Å²) < 4.78 is 29.7. The van der Waals surface area contributed by atoms with E-state index in [0.717, 1.165) is 30.5 Å². The van der Waals surface area contributed by atoms with Gasteiger partial charge >= 0.3 is 0 Å². The van der Waals surface area contributed by atoms with Crippen LogP contribution in [0.15, 0.2) is 71.9 Å². The molecule has 0 unspecified atom stereocenters. The Bertz CT molecular complexity index is 1210. The van der Waals surface area contributed by atoms with Gasteiger partial charge in [0, 0.05) is 49.8 Å². The molecule has 1 aliphatic carbocycles. The quantitative estimate of drug-likeness (QED) is 0.633. The highest BCUT2D eigenvalue weighted by molar-refractivity contribution is 7.89. The van der Waals surface area contributed by atoms with Crippen LogP contribution in [0.5, 0.6) is 0 Å². The topological polar surface area (TPSA) is 62.6 Å². The number of hydrogen-bond acceptors (Lipinski definition) is 3. The lowest BCUT2D eigenvalue weighted by molar-refractivity contribution is 0.0698. The van der Waals surface area contributed by atoms with Gasteiger partial charge in [-0.3, -0.25) is 4.79 Å². The maximum Gasteiger partial charge on any atom is 0.254 e. The van der Waals surface area contributed by atoms with E-state index in [2.05, 4.69) is 0 Å². The number of rotatable bonds is 4. The number of carbonyl (C=O) groups is 1. The highest BCUT2D eigenvalue weighted by Crippen LogP contribution is 2.27. The third-order valence-corrected chi connectivity index (χ3v) is 8.12. The number of carbonyl (C=O) groups excluding carboxylic acids is 1. The van der Waals surface area contributed by atoms with Gasteiger partial charge in [-0.05, 0) is 72.9 Å². The van der Waals surface area contributed by atoms with Gasteiger partial charge in [0.2, 0.25) is 10.0 Å². The number of hydrogen-bond donors (Lipinski definition) is 0. The molecule has 1 aromatic heterocycles. The summed E-state index contributed by atoms with van der Waals surface area (Å²) in [4.78, 5) is 15.1. The lowest BCUT2D eigenvalue weighted by atomic mass is 10.1. The summed E-state index contributed by atoms with van der Waals surface area (Å²) >= 11 is 0. The zero-order valence-electron chi connectivity index (χ0n) is 17.3. The molecule has 1 amide bonds. The largest absolute Gasteiger partial charge is 0.336 e. The Kier molecular flexibility index (Phi) is 5.16. The molecule has 0 radical (unpaired) electrons. The molecule has 1 aliphatic heterocycles. The van der Waals surface area contributed by atoms with Crippen molar-refractivity contribution in [1.29, 1.82) is 0 Å². The van der Waals surface area contributed by atoms with Crippen molar-refractivity contribution in [2.45, 2.75) is 24.2 Å². The normalized spacial score (nSPS) is 17.0. The van der Waals surface area contributed by atoms with E-state index >= 15 is 0 Å². The minimum Gasteiger partial charge on any atom is -0.336 e. The summed E-state index contributed by atoms with van der Waals surface area (Å²) in [5.74, 6) is -0.0661. The summed E-state index contributed by atoms with van der Waals surface area (Å²) in [6.07, 6.45) is 6.94. The zero-order chi connectivity index (χ0) is 21.4. The number of aryl methyl sites for hydroxylation is 2. The Morgan fingerprint density at radius 2 is 1.55 bits per heavy atom. The number of benzene rings is 2. The van der Waals surface area contributed by atoms with E-state index < -0.39 is 10.0 Å². The molecule has 0 spiro atoms. The molecule has 160 valence electrons. The minimum absolute atomic E-state index is 0.0661. The van der Waals surface area contributed by atoms with Crippen LogP contribution in [0.4, 0.5) is 0 Å². The van der Waals surface area contributed by atoms with E-state index in [1.165, 1.54) is 9.87 Å². The first-order valence-corrected chi connectivity index (χ1v) is 12.1. The summed E-state index contributed by atoms with van der Waals surface area (Å²) in [5.41, 5.74) is 3.95. The van der Waals surface area contributed by atoms with Crippen LogP contribution < -0.4 is 0 Å². The van der Waals surface area contributed by atoms with Gasteiger partial charge < -0.3 is 9.47 Å². The Morgan fingerprint density at radius 1 is 0.806 bits per heavy atom. The van der Waals surface area contributed by atoms with Gasteiger partial charge in [-0.1, -0.05) is 12.1 Å². The lowest BCUT2D eigenvalue weighted by Crippen LogP contribution is -2.50. The minimum atomic E-state index is -3.54. The summed E-state index contributed by atoms with van der Waals surface area (Å²) in [5, 5.41) is 0. The van der Waals surface area contributed by atoms with Gasteiger partial charge in [0.1, 0.15) is 0 Å². The molecule has 0 atom stereocenters. The maximum atomic E-state index is 13.1. The number of sulfonamides is 1. The van der Waals surface area contributed by atoms with Crippen molar-refractivity contribution >= 4 is 15.9 Å². The van der Waals surface area contributed by atoms with E-state index in [4.69, 9.17) is 0 Å². The van der Waals surface area contributed by atoms with Crippen LogP contribution in [-0.2, 0) is 22.9 Å². The fourth-order valence-electron chi connectivity index (χ4n) is 4.48. The first-order valence-electron chi connectivity index (χ1n) is 10.7. The predicted molar refractivity (Wildman–Crippen MR) is 119 cm³/mol. The van der Waals surface area contributed by atoms with Crippen LogP contribution in [0.2, 0.25) is 0 Å². The summed E-state index contributed by atoms with van der Waals surface area (Å²) in [6.45, 7) is 1.39. The first kappa shape index (κ1) is 20.0. The van der Waals surface area contributed by atoms with Gasteiger partial charge in [-0.25, -0.2) is 8.42 Å². The maximum absolute atomic E-state index is 13.1. The molecule has 1 saturated heterocycles. The zero-order valence-corrected chi connectivity index (χ0v) is 18.1. The molecule has 0 bridgehead atoms. The van der Waals surface area contributed by atoms with Crippen LogP contribution >= 0.6 is 0 Å². The van der Waals surface area contributed by atoms with Crippen molar-refractivity contribution in [3.8, 4) is 5.69 Å². The smallest absolute Gasteiger partial charge is 0.254 e. The van der Waals surface area contributed by atoms with E-state index in [1.54, 1.807) is 11.0 Å². The van der Waals surface area contributed by atoms with Crippen molar-refractivity contribution < 1.29 is 13.2 Å². The fraction of sp³-hybridized carbons (Fsp3) is 0.292. The molecule has 31 heavy (non-hydrogen) atoms. The lowest BCUT2D eigenvalue weighted by Gasteiger charge is -2.34. The van der Waals surface area contributed by atoms with E-state index in [9.17, 15) is 13.2 Å². The number of nitrogens with zero attached hydrogens (tertiary/aromatic N) is 3. The molecule has 2 aliphatic rings. The average molecular weight is 436 g/mol. The van der Waals surface area contributed by atoms with Gasteiger partial charge in [-0.2, -0.15) is 4.31 Å². The van der Waals surface area contributed by atoms with Crippen molar-refractivity contribution in [3.05, 3.63) is 83.7 Å². The van der Waals surface area contributed by atoms with Crippen molar-refractivity contribution in [2.75, 3.05) is 26.2 Å². The molecular formula is C24H25N3O3S. The molecule has 2 aromatic carbocycles. The molecule has 5 rings (SSSR count). The molecule has 6 nitrogen and oxygen atoms in total. The first-order chi connectivity index (χ1) is 15.0. The standard InChI is InChI=1S/C24H25N3O3S/c28-24(21-7-4-8-22(17-21)25-11-1-2-12-25)26-13-15-27(16-14-26)31(29,30)23-10-9-19-5-3-6-20(19)18-23/h1-2,4,7-12,17-18H,3,5-6,13-16H2. The molecule has 0 saturated carbocycles. The molecule has 1 fully saturated rings. The van der Waals surface area contributed by atoms with Gasteiger partial charge in [0.15, 0.2) is 0 Å². The van der Waals surface area contributed by atoms with Crippen molar-refractivity contribution in [1.82, 2.24) is 13.8 Å². The second-order valence-electron chi connectivity index (χ2n) is 8.12. The third kappa shape index (κ3) is 3.79. The fourth-order valence-corrected chi connectivity index (χ4v) is 5.95. The van der Waals surface area contributed by atoms with Crippen LogP contribution in [0.3, 0.4) is 0 Å². The Hall–Kier alpha value is -2.90. The second kappa shape index (κ2) is 7.98. The van der Waals surface area contributed by atoms with Crippen molar-refractivity contribution in [2.24, 2.45) is 0 Å². The SMILES string of the molecule is O=C(c1cccc(-n2cccc2)c1)N1CCN(S(=O)(=O)c2ccc3c(c2)CCC3)CC1. The highest BCUT2D eigenvalue weighted by atomic mass is 32.2. The Balaban J connectivity index is 1.28.